The molecular weight excluding hydrogens is 268 g/mol. The molecule has 2 rings (SSSR count). The predicted octanol–water partition coefficient (Wildman–Crippen LogP) is 2.44. The van der Waals surface area contributed by atoms with Gasteiger partial charge in [0.25, 0.3) is 0 Å². The highest BCUT2D eigenvalue weighted by Crippen LogP contribution is 2.40. The molecule has 1 aromatic carbocycles. The summed E-state index contributed by atoms with van der Waals surface area (Å²) in [7, 11) is 3.29. The van der Waals surface area contributed by atoms with Gasteiger partial charge in [-0.15, -0.1) is 0 Å². The van der Waals surface area contributed by atoms with Crippen LogP contribution in [0.3, 0.4) is 0 Å². The van der Waals surface area contributed by atoms with Crippen LogP contribution >= 0.6 is 0 Å². The first-order valence-corrected chi connectivity index (χ1v) is 7.46. The summed E-state index contributed by atoms with van der Waals surface area (Å²) in [6.07, 6.45) is 3.00. The normalized spacial score (nSPS) is 16.2. The lowest BCUT2D eigenvalue weighted by Crippen LogP contribution is -2.37. The Labute approximate surface area is 126 Å². The molecule has 1 unspecified atom stereocenters. The first-order chi connectivity index (χ1) is 10.2. The number of urea groups is 1. The number of methoxy groups -OCH3 is 2. The average Bonchev–Trinajstić information content (AvgIpc) is 2.91. The maximum atomic E-state index is 11.6. The summed E-state index contributed by atoms with van der Waals surface area (Å²) in [5, 5.41) is 5.77. The third-order valence-corrected chi connectivity index (χ3v) is 3.89. The SMILES string of the molecule is CCCNC(=O)NCC1CCc2cc(OC)c(OC)cc21. The van der Waals surface area contributed by atoms with Crippen molar-refractivity contribution < 1.29 is 14.3 Å². The molecule has 5 heteroatoms. The minimum Gasteiger partial charge on any atom is -0.493 e. The summed E-state index contributed by atoms with van der Waals surface area (Å²) in [5.41, 5.74) is 2.54. The molecule has 0 saturated heterocycles. The Morgan fingerprint density at radius 1 is 1.24 bits per heavy atom. The molecule has 0 heterocycles. The fourth-order valence-corrected chi connectivity index (χ4v) is 2.75. The van der Waals surface area contributed by atoms with Crippen LogP contribution in [0.4, 0.5) is 4.79 Å². The standard InChI is InChI=1S/C16H24N2O3/c1-4-7-17-16(19)18-10-12-6-5-11-8-14(20-2)15(21-3)9-13(11)12/h8-9,12H,4-7,10H2,1-3H3,(H2,17,18,19). The molecule has 1 aromatic rings. The highest BCUT2D eigenvalue weighted by atomic mass is 16.5. The summed E-state index contributed by atoms with van der Waals surface area (Å²) in [5.74, 6) is 1.86. The van der Waals surface area contributed by atoms with E-state index in [1.165, 1.54) is 11.1 Å². The fourth-order valence-electron chi connectivity index (χ4n) is 2.75. The van der Waals surface area contributed by atoms with E-state index in [1.807, 2.05) is 19.1 Å². The van der Waals surface area contributed by atoms with Gasteiger partial charge in [-0.25, -0.2) is 4.79 Å². The largest absolute Gasteiger partial charge is 0.493 e. The van der Waals surface area contributed by atoms with E-state index in [4.69, 9.17) is 9.47 Å². The van der Waals surface area contributed by atoms with Crippen molar-refractivity contribution in [2.75, 3.05) is 27.3 Å². The molecule has 0 radical (unpaired) electrons. The Kier molecular flexibility index (Phi) is 5.31. The van der Waals surface area contributed by atoms with Crippen molar-refractivity contribution in [3.8, 4) is 11.5 Å². The zero-order chi connectivity index (χ0) is 15.2. The number of nitrogens with one attached hydrogen (secondary N) is 2. The Bertz CT molecular complexity index is 503. The van der Waals surface area contributed by atoms with E-state index < -0.39 is 0 Å². The molecule has 1 atom stereocenters. The van der Waals surface area contributed by atoms with E-state index in [1.54, 1.807) is 14.2 Å². The summed E-state index contributed by atoms with van der Waals surface area (Å²) in [6.45, 7) is 3.39. The van der Waals surface area contributed by atoms with Crippen molar-refractivity contribution >= 4 is 6.03 Å². The molecule has 0 aromatic heterocycles. The molecule has 1 aliphatic carbocycles. The molecule has 2 N–H and O–H groups in total. The van der Waals surface area contributed by atoms with Crippen LogP contribution in [0.5, 0.6) is 11.5 Å². The van der Waals surface area contributed by atoms with Crippen LogP contribution in [0.25, 0.3) is 0 Å². The van der Waals surface area contributed by atoms with E-state index in [9.17, 15) is 4.79 Å². The van der Waals surface area contributed by atoms with Crippen molar-refractivity contribution in [1.82, 2.24) is 10.6 Å². The van der Waals surface area contributed by atoms with Crippen LogP contribution in [0, 0.1) is 0 Å². The zero-order valence-electron chi connectivity index (χ0n) is 13.0. The zero-order valence-corrected chi connectivity index (χ0v) is 13.0. The number of amides is 2. The molecule has 0 aliphatic heterocycles. The molecule has 1 aliphatic rings. The molecule has 5 nitrogen and oxygen atoms in total. The van der Waals surface area contributed by atoms with E-state index in [0.717, 1.165) is 30.8 Å². The molecule has 116 valence electrons. The van der Waals surface area contributed by atoms with Crippen molar-refractivity contribution in [2.45, 2.75) is 32.1 Å². The quantitative estimate of drug-likeness (QED) is 0.846. The Hall–Kier alpha value is -1.91. The lowest BCUT2D eigenvalue weighted by Gasteiger charge is -2.15. The van der Waals surface area contributed by atoms with Crippen LogP contribution in [0.15, 0.2) is 12.1 Å². The van der Waals surface area contributed by atoms with Crippen molar-refractivity contribution in [3.05, 3.63) is 23.3 Å². The Morgan fingerprint density at radius 3 is 2.62 bits per heavy atom. The molecule has 0 spiro atoms. The molecule has 21 heavy (non-hydrogen) atoms. The van der Waals surface area contributed by atoms with Crippen molar-refractivity contribution in [3.63, 3.8) is 0 Å². The third-order valence-electron chi connectivity index (χ3n) is 3.89. The van der Waals surface area contributed by atoms with Gasteiger partial charge in [0, 0.05) is 19.0 Å². The van der Waals surface area contributed by atoms with Gasteiger partial charge < -0.3 is 20.1 Å². The Balaban J connectivity index is 2.02. The maximum absolute atomic E-state index is 11.6. The molecule has 0 bridgehead atoms. The second-order valence-corrected chi connectivity index (χ2v) is 5.28. The number of hydrogen-bond donors (Lipinski definition) is 2. The predicted molar refractivity (Wildman–Crippen MR) is 82.3 cm³/mol. The Morgan fingerprint density at radius 2 is 1.95 bits per heavy atom. The number of hydrogen-bond acceptors (Lipinski definition) is 3. The van der Waals surface area contributed by atoms with Gasteiger partial charge in [0.1, 0.15) is 0 Å². The van der Waals surface area contributed by atoms with Gasteiger partial charge in [-0.05, 0) is 42.5 Å². The van der Waals surface area contributed by atoms with Crippen molar-refractivity contribution in [1.29, 1.82) is 0 Å². The lowest BCUT2D eigenvalue weighted by molar-refractivity contribution is 0.240. The number of ether oxygens (including phenoxy) is 2. The average molecular weight is 292 g/mol. The second-order valence-electron chi connectivity index (χ2n) is 5.28. The molecule has 2 amide bonds. The first kappa shape index (κ1) is 15.5. The summed E-state index contributed by atoms with van der Waals surface area (Å²) >= 11 is 0. The van der Waals surface area contributed by atoms with Gasteiger partial charge in [-0.3, -0.25) is 0 Å². The molecular formula is C16H24N2O3. The van der Waals surface area contributed by atoms with Crippen LogP contribution < -0.4 is 20.1 Å². The number of carbonyl (C=O) groups is 1. The highest BCUT2D eigenvalue weighted by molar-refractivity contribution is 5.73. The third kappa shape index (κ3) is 3.60. The van der Waals surface area contributed by atoms with Gasteiger partial charge in [-0.2, -0.15) is 0 Å². The minimum absolute atomic E-state index is 0.0919. The van der Waals surface area contributed by atoms with E-state index in [0.29, 0.717) is 19.0 Å². The van der Waals surface area contributed by atoms with Gasteiger partial charge >= 0.3 is 6.03 Å². The molecule has 0 saturated carbocycles. The fraction of sp³-hybridized carbons (Fsp3) is 0.562. The maximum Gasteiger partial charge on any atom is 0.314 e. The van der Waals surface area contributed by atoms with Crippen LogP contribution in [0.1, 0.15) is 36.8 Å². The number of aryl methyl sites for hydroxylation is 1. The van der Waals surface area contributed by atoms with Gasteiger partial charge in [0.15, 0.2) is 11.5 Å². The second kappa shape index (κ2) is 7.20. The van der Waals surface area contributed by atoms with Gasteiger partial charge in [0.2, 0.25) is 0 Å². The summed E-state index contributed by atoms with van der Waals surface area (Å²) < 4.78 is 10.7. The lowest BCUT2D eigenvalue weighted by atomic mass is 10.0. The van der Waals surface area contributed by atoms with Gasteiger partial charge in [-0.1, -0.05) is 6.92 Å². The number of benzene rings is 1. The van der Waals surface area contributed by atoms with Crippen LogP contribution in [-0.2, 0) is 6.42 Å². The monoisotopic (exact) mass is 292 g/mol. The summed E-state index contributed by atoms with van der Waals surface area (Å²) in [6, 6.07) is 3.99. The van der Waals surface area contributed by atoms with Crippen LogP contribution in [0.2, 0.25) is 0 Å². The van der Waals surface area contributed by atoms with E-state index in [-0.39, 0.29) is 6.03 Å². The van der Waals surface area contributed by atoms with E-state index >= 15 is 0 Å². The topological polar surface area (TPSA) is 59.6 Å². The number of fused-ring (bicyclic) bond motifs is 1. The van der Waals surface area contributed by atoms with Crippen molar-refractivity contribution in [2.24, 2.45) is 0 Å². The van der Waals surface area contributed by atoms with Gasteiger partial charge in [0.05, 0.1) is 14.2 Å². The minimum atomic E-state index is -0.0919. The first-order valence-electron chi connectivity index (χ1n) is 7.46. The summed E-state index contributed by atoms with van der Waals surface area (Å²) in [4.78, 5) is 11.6. The van der Waals surface area contributed by atoms with E-state index in [2.05, 4.69) is 10.6 Å². The highest BCUT2D eigenvalue weighted by Gasteiger charge is 2.25. The number of rotatable bonds is 6. The smallest absolute Gasteiger partial charge is 0.314 e. The van der Waals surface area contributed by atoms with Crippen LogP contribution in [-0.4, -0.2) is 33.3 Å². The molecule has 0 fully saturated rings. The number of carbonyl (C=O) groups excluding carboxylic acids is 1.